The van der Waals surface area contributed by atoms with E-state index in [2.05, 4.69) is 71.8 Å². The van der Waals surface area contributed by atoms with Crippen molar-refractivity contribution in [3.05, 3.63) is 71.9 Å². The molecule has 0 saturated carbocycles. The smallest absolute Gasteiger partial charge is 0.0725 e. The number of pyridine rings is 1. The first kappa shape index (κ1) is 13.6. The summed E-state index contributed by atoms with van der Waals surface area (Å²) in [6.45, 7) is 4.26. The molecule has 2 aromatic carbocycles. The van der Waals surface area contributed by atoms with Crippen LogP contribution in [0.25, 0.3) is 10.9 Å². The summed E-state index contributed by atoms with van der Waals surface area (Å²) in [7, 11) is 0. The van der Waals surface area contributed by atoms with Crippen molar-refractivity contribution >= 4 is 16.6 Å². The SMILES string of the molecule is Cc1cc(NC(C)Cc2ccccc2)c2ccccc2n1. The van der Waals surface area contributed by atoms with Gasteiger partial charge in [0.05, 0.1) is 5.52 Å². The summed E-state index contributed by atoms with van der Waals surface area (Å²) < 4.78 is 0. The van der Waals surface area contributed by atoms with Crippen molar-refractivity contribution in [1.29, 1.82) is 0 Å². The first-order chi connectivity index (χ1) is 10.2. The maximum absolute atomic E-state index is 4.59. The fourth-order valence-electron chi connectivity index (χ4n) is 2.71. The van der Waals surface area contributed by atoms with Crippen LogP contribution in [-0.4, -0.2) is 11.0 Å². The van der Waals surface area contributed by atoms with Crippen molar-refractivity contribution in [3.63, 3.8) is 0 Å². The van der Waals surface area contributed by atoms with Crippen LogP contribution >= 0.6 is 0 Å². The third-order valence-corrected chi connectivity index (χ3v) is 3.63. The minimum atomic E-state index is 0.373. The quantitative estimate of drug-likeness (QED) is 0.754. The van der Waals surface area contributed by atoms with Crippen LogP contribution in [0.2, 0.25) is 0 Å². The number of para-hydroxylation sites is 1. The van der Waals surface area contributed by atoms with Crippen LogP contribution in [0.15, 0.2) is 60.7 Å². The van der Waals surface area contributed by atoms with Gasteiger partial charge < -0.3 is 5.32 Å². The Kier molecular flexibility index (Phi) is 3.87. The van der Waals surface area contributed by atoms with Crippen molar-refractivity contribution < 1.29 is 0 Å². The van der Waals surface area contributed by atoms with Crippen LogP contribution in [0.4, 0.5) is 5.69 Å². The third-order valence-electron chi connectivity index (χ3n) is 3.63. The number of benzene rings is 2. The molecule has 0 bridgehead atoms. The summed E-state index contributed by atoms with van der Waals surface area (Å²) >= 11 is 0. The molecule has 3 aromatic rings. The number of aryl methyl sites for hydroxylation is 1. The number of nitrogens with one attached hydrogen (secondary N) is 1. The zero-order valence-electron chi connectivity index (χ0n) is 12.5. The van der Waals surface area contributed by atoms with Gasteiger partial charge in [0, 0.05) is 22.8 Å². The lowest BCUT2D eigenvalue weighted by molar-refractivity contribution is 0.791. The van der Waals surface area contributed by atoms with E-state index in [1.165, 1.54) is 16.6 Å². The van der Waals surface area contributed by atoms with Gasteiger partial charge in [-0.2, -0.15) is 0 Å². The molecule has 3 rings (SSSR count). The fourth-order valence-corrected chi connectivity index (χ4v) is 2.71. The van der Waals surface area contributed by atoms with Gasteiger partial charge in [-0.1, -0.05) is 48.5 Å². The third kappa shape index (κ3) is 3.22. The first-order valence-electron chi connectivity index (χ1n) is 7.39. The first-order valence-corrected chi connectivity index (χ1v) is 7.39. The van der Waals surface area contributed by atoms with Gasteiger partial charge in [-0.3, -0.25) is 4.98 Å². The lowest BCUT2D eigenvalue weighted by atomic mass is 10.1. The topological polar surface area (TPSA) is 24.9 Å². The maximum atomic E-state index is 4.59. The highest BCUT2D eigenvalue weighted by molar-refractivity contribution is 5.91. The van der Waals surface area contributed by atoms with Crippen molar-refractivity contribution in [2.45, 2.75) is 26.3 Å². The van der Waals surface area contributed by atoms with E-state index in [9.17, 15) is 0 Å². The van der Waals surface area contributed by atoms with Crippen LogP contribution < -0.4 is 5.32 Å². The van der Waals surface area contributed by atoms with Gasteiger partial charge in [0.1, 0.15) is 0 Å². The number of anilines is 1. The molecule has 21 heavy (non-hydrogen) atoms. The largest absolute Gasteiger partial charge is 0.382 e. The molecule has 0 saturated heterocycles. The molecule has 0 amide bonds. The van der Waals surface area contributed by atoms with Crippen molar-refractivity contribution in [2.75, 3.05) is 5.32 Å². The van der Waals surface area contributed by atoms with Crippen molar-refractivity contribution in [1.82, 2.24) is 4.98 Å². The number of nitrogens with zero attached hydrogens (tertiary/aromatic N) is 1. The van der Waals surface area contributed by atoms with E-state index in [1.807, 2.05) is 13.0 Å². The van der Waals surface area contributed by atoms with E-state index in [4.69, 9.17) is 0 Å². The van der Waals surface area contributed by atoms with E-state index >= 15 is 0 Å². The average Bonchev–Trinajstić information content (AvgIpc) is 2.48. The lowest BCUT2D eigenvalue weighted by Gasteiger charge is -2.17. The van der Waals surface area contributed by atoms with Crippen LogP contribution in [-0.2, 0) is 6.42 Å². The molecule has 1 heterocycles. The van der Waals surface area contributed by atoms with Gasteiger partial charge in [-0.15, -0.1) is 0 Å². The van der Waals surface area contributed by atoms with E-state index in [0.29, 0.717) is 6.04 Å². The normalized spacial score (nSPS) is 12.3. The minimum absolute atomic E-state index is 0.373. The Morgan fingerprint density at radius 3 is 2.52 bits per heavy atom. The molecule has 2 heteroatoms. The van der Waals surface area contributed by atoms with Gasteiger partial charge >= 0.3 is 0 Å². The standard InChI is InChI=1S/C19H20N2/c1-14(12-16-8-4-3-5-9-16)21-19-13-15(2)20-18-11-7-6-10-17(18)19/h3-11,13-14H,12H2,1-2H3,(H,20,21). The van der Waals surface area contributed by atoms with E-state index in [-0.39, 0.29) is 0 Å². The zero-order valence-corrected chi connectivity index (χ0v) is 12.5. The molecule has 2 nitrogen and oxygen atoms in total. The predicted molar refractivity (Wildman–Crippen MR) is 89.7 cm³/mol. The Balaban J connectivity index is 1.84. The second kappa shape index (κ2) is 5.96. The Labute approximate surface area is 125 Å². The molecule has 1 unspecified atom stereocenters. The molecule has 0 aliphatic carbocycles. The van der Waals surface area contributed by atoms with Crippen LogP contribution in [0.5, 0.6) is 0 Å². The Morgan fingerprint density at radius 2 is 1.71 bits per heavy atom. The summed E-state index contributed by atoms with van der Waals surface area (Å²) in [5, 5.41) is 4.82. The highest BCUT2D eigenvalue weighted by atomic mass is 14.9. The second-order valence-corrected chi connectivity index (χ2v) is 5.56. The molecule has 106 valence electrons. The number of hydrogen-bond donors (Lipinski definition) is 1. The Morgan fingerprint density at radius 1 is 1.00 bits per heavy atom. The number of rotatable bonds is 4. The predicted octanol–water partition coefficient (Wildman–Crippen LogP) is 4.59. The summed E-state index contributed by atoms with van der Waals surface area (Å²) in [6.07, 6.45) is 1.01. The van der Waals surface area contributed by atoms with E-state index in [0.717, 1.165) is 17.6 Å². The number of hydrogen-bond acceptors (Lipinski definition) is 2. The van der Waals surface area contributed by atoms with Crippen LogP contribution in [0.1, 0.15) is 18.2 Å². The molecular weight excluding hydrogens is 256 g/mol. The van der Waals surface area contributed by atoms with Gasteiger partial charge in [-0.25, -0.2) is 0 Å². The molecule has 1 N–H and O–H groups in total. The number of fused-ring (bicyclic) bond motifs is 1. The number of aromatic nitrogens is 1. The molecular formula is C19H20N2. The van der Waals surface area contributed by atoms with Crippen LogP contribution in [0.3, 0.4) is 0 Å². The molecule has 0 aliphatic heterocycles. The van der Waals surface area contributed by atoms with Gasteiger partial charge in [0.25, 0.3) is 0 Å². The van der Waals surface area contributed by atoms with Crippen molar-refractivity contribution in [2.24, 2.45) is 0 Å². The monoisotopic (exact) mass is 276 g/mol. The Hall–Kier alpha value is -2.35. The van der Waals surface area contributed by atoms with Gasteiger partial charge in [0.2, 0.25) is 0 Å². The second-order valence-electron chi connectivity index (χ2n) is 5.56. The fraction of sp³-hybridized carbons (Fsp3) is 0.211. The summed E-state index contributed by atoms with van der Waals surface area (Å²) in [4.78, 5) is 4.59. The zero-order chi connectivity index (χ0) is 14.7. The summed E-state index contributed by atoms with van der Waals surface area (Å²) in [6, 6.07) is 21.4. The molecule has 0 radical (unpaired) electrons. The van der Waals surface area contributed by atoms with Gasteiger partial charge in [-0.05, 0) is 38.0 Å². The molecule has 0 aliphatic rings. The summed E-state index contributed by atoms with van der Waals surface area (Å²) in [5.74, 6) is 0. The Bertz CT molecular complexity index is 735. The van der Waals surface area contributed by atoms with Crippen LogP contribution in [0, 0.1) is 6.92 Å². The van der Waals surface area contributed by atoms with Crippen molar-refractivity contribution in [3.8, 4) is 0 Å². The molecule has 0 fully saturated rings. The van der Waals surface area contributed by atoms with Gasteiger partial charge in [0.15, 0.2) is 0 Å². The summed E-state index contributed by atoms with van der Waals surface area (Å²) in [5.41, 5.74) is 4.61. The lowest BCUT2D eigenvalue weighted by Crippen LogP contribution is -2.18. The highest BCUT2D eigenvalue weighted by Gasteiger charge is 2.07. The molecule has 1 aromatic heterocycles. The average molecular weight is 276 g/mol. The maximum Gasteiger partial charge on any atom is 0.0725 e. The van der Waals surface area contributed by atoms with E-state index < -0.39 is 0 Å². The molecule has 0 spiro atoms. The highest BCUT2D eigenvalue weighted by Crippen LogP contribution is 2.24. The minimum Gasteiger partial charge on any atom is -0.382 e. The van der Waals surface area contributed by atoms with E-state index in [1.54, 1.807) is 0 Å². The molecule has 1 atom stereocenters.